The van der Waals surface area contributed by atoms with Crippen molar-refractivity contribution in [2.24, 2.45) is 5.73 Å². The first kappa shape index (κ1) is 17.9. The van der Waals surface area contributed by atoms with Crippen LogP contribution >= 0.6 is 12.4 Å². The second-order valence-electron chi connectivity index (χ2n) is 5.30. The van der Waals surface area contributed by atoms with Crippen LogP contribution in [-0.4, -0.2) is 23.1 Å². The number of rotatable bonds is 6. The predicted molar refractivity (Wildman–Crippen MR) is 77.7 cm³/mol. The molecular formula is C13H24ClN3O2. The topological polar surface area (TPSA) is 81.2 Å². The molecule has 1 heterocycles. The van der Waals surface area contributed by atoms with Gasteiger partial charge in [0.05, 0.1) is 5.69 Å². The number of aromatic nitrogens is 1. The Morgan fingerprint density at radius 2 is 2.05 bits per heavy atom. The third-order valence-corrected chi connectivity index (χ3v) is 2.86. The van der Waals surface area contributed by atoms with Gasteiger partial charge in [0.2, 0.25) is 5.76 Å². The lowest BCUT2D eigenvalue weighted by atomic mass is 9.99. The molecule has 1 rings (SSSR count). The van der Waals surface area contributed by atoms with Gasteiger partial charge < -0.3 is 15.6 Å². The molecule has 0 saturated carbocycles. The van der Waals surface area contributed by atoms with Gasteiger partial charge in [-0.15, -0.1) is 12.4 Å². The standard InChI is InChI=1S/C13H23N3O2.ClH/c1-5-9(6-2)10-7-11(18-16-10)12(17)15-8-13(3,4)14;/h7,9H,5-6,8,14H2,1-4H3,(H,15,17);1H. The van der Waals surface area contributed by atoms with Gasteiger partial charge in [-0.25, -0.2) is 0 Å². The SMILES string of the molecule is CCC(CC)c1cc(C(=O)NCC(C)(C)N)on1.Cl. The van der Waals surface area contributed by atoms with Crippen LogP contribution in [0.25, 0.3) is 0 Å². The van der Waals surface area contributed by atoms with Crippen molar-refractivity contribution >= 4 is 18.3 Å². The number of hydrogen-bond donors (Lipinski definition) is 2. The summed E-state index contributed by atoms with van der Waals surface area (Å²) in [6.45, 7) is 8.29. The molecule has 0 aliphatic heterocycles. The number of nitrogens with one attached hydrogen (secondary N) is 1. The zero-order chi connectivity index (χ0) is 13.8. The average Bonchev–Trinajstić information content (AvgIpc) is 2.76. The van der Waals surface area contributed by atoms with Gasteiger partial charge in [0, 0.05) is 24.1 Å². The number of hydrogen-bond acceptors (Lipinski definition) is 4. The summed E-state index contributed by atoms with van der Waals surface area (Å²) in [5.41, 5.74) is 6.21. The van der Waals surface area contributed by atoms with Crippen molar-refractivity contribution in [3.63, 3.8) is 0 Å². The molecule has 0 bridgehead atoms. The molecule has 5 nitrogen and oxygen atoms in total. The lowest BCUT2D eigenvalue weighted by Gasteiger charge is -2.18. The molecule has 1 aromatic heterocycles. The Morgan fingerprint density at radius 3 is 2.53 bits per heavy atom. The molecule has 0 aliphatic carbocycles. The zero-order valence-corrected chi connectivity index (χ0v) is 12.8. The molecule has 19 heavy (non-hydrogen) atoms. The highest BCUT2D eigenvalue weighted by Gasteiger charge is 2.19. The maximum absolute atomic E-state index is 11.8. The van der Waals surface area contributed by atoms with Crippen LogP contribution in [0.4, 0.5) is 0 Å². The number of nitrogens with zero attached hydrogens (tertiary/aromatic N) is 1. The minimum Gasteiger partial charge on any atom is -0.351 e. The monoisotopic (exact) mass is 289 g/mol. The van der Waals surface area contributed by atoms with E-state index in [-0.39, 0.29) is 24.1 Å². The van der Waals surface area contributed by atoms with Crippen LogP contribution in [0.3, 0.4) is 0 Å². The van der Waals surface area contributed by atoms with E-state index in [1.165, 1.54) is 0 Å². The van der Waals surface area contributed by atoms with Crippen LogP contribution in [0.5, 0.6) is 0 Å². The summed E-state index contributed by atoms with van der Waals surface area (Å²) in [5.74, 6) is 0.334. The fourth-order valence-electron chi connectivity index (χ4n) is 1.69. The second kappa shape index (κ2) is 7.50. The number of carbonyl (C=O) groups excluding carboxylic acids is 1. The largest absolute Gasteiger partial charge is 0.351 e. The number of halogens is 1. The Balaban J connectivity index is 0.00000324. The minimum absolute atomic E-state index is 0. The average molecular weight is 290 g/mol. The Labute approximate surface area is 120 Å². The molecule has 0 aliphatic rings. The van der Waals surface area contributed by atoms with E-state index in [9.17, 15) is 4.79 Å². The molecule has 0 aromatic carbocycles. The van der Waals surface area contributed by atoms with Crippen LogP contribution in [0.2, 0.25) is 0 Å². The first-order chi connectivity index (χ1) is 8.37. The van der Waals surface area contributed by atoms with Gasteiger partial charge in [-0.1, -0.05) is 19.0 Å². The van der Waals surface area contributed by atoms with Crippen molar-refractivity contribution in [3.8, 4) is 0 Å². The van der Waals surface area contributed by atoms with Gasteiger partial charge in [0.25, 0.3) is 5.91 Å². The van der Waals surface area contributed by atoms with Crippen LogP contribution in [-0.2, 0) is 0 Å². The Kier molecular flexibility index (Phi) is 7.08. The number of carbonyl (C=O) groups is 1. The van der Waals surface area contributed by atoms with E-state index in [0.717, 1.165) is 18.5 Å². The third kappa shape index (κ3) is 5.61. The van der Waals surface area contributed by atoms with Gasteiger partial charge in [-0.3, -0.25) is 4.79 Å². The zero-order valence-electron chi connectivity index (χ0n) is 12.0. The highest BCUT2D eigenvalue weighted by molar-refractivity contribution is 5.91. The molecule has 110 valence electrons. The van der Waals surface area contributed by atoms with Gasteiger partial charge >= 0.3 is 0 Å². The van der Waals surface area contributed by atoms with Crippen LogP contribution in [0.1, 0.15) is 62.7 Å². The Hall–Kier alpha value is -1.07. The third-order valence-electron chi connectivity index (χ3n) is 2.86. The summed E-state index contributed by atoms with van der Waals surface area (Å²) in [6.07, 6.45) is 1.97. The Bertz CT molecular complexity index is 395. The molecule has 0 atom stereocenters. The molecule has 0 radical (unpaired) electrons. The molecule has 1 aromatic rings. The minimum atomic E-state index is -0.437. The molecular weight excluding hydrogens is 266 g/mol. The summed E-state index contributed by atoms with van der Waals surface area (Å²) >= 11 is 0. The summed E-state index contributed by atoms with van der Waals surface area (Å²) in [5, 5.41) is 6.69. The van der Waals surface area contributed by atoms with Crippen LogP contribution in [0.15, 0.2) is 10.6 Å². The van der Waals surface area contributed by atoms with Crippen molar-refractivity contribution in [1.82, 2.24) is 10.5 Å². The van der Waals surface area contributed by atoms with Crippen molar-refractivity contribution in [2.45, 2.75) is 52.0 Å². The van der Waals surface area contributed by atoms with E-state index < -0.39 is 5.54 Å². The predicted octanol–water partition coefficient (Wildman–Crippen LogP) is 2.47. The van der Waals surface area contributed by atoms with Crippen LogP contribution < -0.4 is 11.1 Å². The lowest BCUT2D eigenvalue weighted by molar-refractivity contribution is 0.0909. The van der Waals surface area contributed by atoms with Crippen molar-refractivity contribution in [2.75, 3.05) is 6.54 Å². The quantitative estimate of drug-likeness (QED) is 0.843. The lowest BCUT2D eigenvalue weighted by Crippen LogP contribution is -2.45. The smallest absolute Gasteiger partial charge is 0.289 e. The number of nitrogens with two attached hydrogens (primary N) is 1. The fourth-order valence-corrected chi connectivity index (χ4v) is 1.69. The van der Waals surface area contributed by atoms with E-state index >= 15 is 0 Å². The molecule has 3 N–H and O–H groups in total. The van der Waals surface area contributed by atoms with Gasteiger partial charge in [-0.2, -0.15) is 0 Å². The van der Waals surface area contributed by atoms with E-state index in [4.69, 9.17) is 10.3 Å². The fraction of sp³-hybridized carbons (Fsp3) is 0.692. The van der Waals surface area contributed by atoms with Crippen molar-refractivity contribution in [1.29, 1.82) is 0 Å². The summed E-state index contributed by atoms with van der Waals surface area (Å²) in [6, 6.07) is 1.72. The number of amides is 1. The maximum Gasteiger partial charge on any atom is 0.289 e. The van der Waals surface area contributed by atoms with E-state index in [2.05, 4.69) is 24.3 Å². The molecule has 0 fully saturated rings. The van der Waals surface area contributed by atoms with Gasteiger partial charge in [0.15, 0.2) is 0 Å². The normalized spacial score (nSPS) is 11.3. The van der Waals surface area contributed by atoms with E-state index in [1.807, 2.05) is 13.8 Å². The maximum atomic E-state index is 11.8. The highest BCUT2D eigenvalue weighted by atomic mass is 35.5. The summed E-state index contributed by atoms with van der Waals surface area (Å²) in [4.78, 5) is 11.8. The Morgan fingerprint density at radius 1 is 1.47 bits per heavy atom. The van der Waals surface area contributed by atoms with E-state index in [1.54, 1.807) is 6.07 Å². The molecule has 6 heteroatoms. The summed E-state index contributed by atoms with van der Waals surface area (Å²) < 4.78 is 5.07. The van der Waals surface area contributed by atoms with Crippen molar-refractivity contribution < 1.29 is 9.32 Å². The molecule has 0 unspecified atom stereocenters. The molecule has 0 saturated heterocycles. The van der Waals surface area contributed by atoms with Crippen molar-refractivity contribution in [3.05, 3.63) is 17.5 Å². The summed E-state index contributed by atoms with van der Waals surface area (Å²) in [7, 11) is 0. The molecule has 0 spiro atoms. The highest BCUT2D eigenvalue weighted by Crippen LogP contribution is 2.22. The molecule has 1 amide bonds. The first-order valence-corrected chi connectivity index (χ1v) is 6.41. The first-order valence-electron chi connectivity index (χ1n) is 6.41. The van der Waals surface area contributed by atoms with E-state index in [0.29, 0.717) is 12.5 Å². The van der Waals surface area contributed by atoms with Gasteiger partial charge in [-0.05, 0) is 26.7 Å². The van der Waals surface area contributed by atoms with Gasteiger partial charge in [0.1, 0.15) is 0 Å². The van der Waals surface area contributed by atoms with Crippen LogP contribution in [0, 0.1) is 0 Å². The second-order valence-corrected chi connectivity index (χ2v) is 5.30.